The van der Waals surface area contributed by atoms with Crippen molar-refractivity contribution in [2.24, 2.45) is 0 Å². The highest BCUT2D eigenvalue weighted by Crippen LogP contribution is 2.58. The van der Waals surface area contributed by atoms with Crippen molar-refractivity contribution in [1.29, 1.82) is 0 Å². The highest BCUT2D eigenvalue weighted by Gasteiger charge is 2.87. The van der Waals surface area contributed by atoms with E-state index in [1.165, 1.54) is 37.6 Å². The summed E-state index contributed by atoms with van der Waals surface area (Å²) < 4.78 is 162. The monoisotopic (exact) mass is 531 g/mol. The van der Waals surface area contributed by atoms with Gasteiger partial charge in [-0.15, -0.1) is 0 Å². The van der Waals surface area contributed by atoms with Crippen LogP contribution in [0.15, 0.2) is 0 Å². The van der Waals surface area contributed by atoms with Gasteiger partial charge in [0.05, 0.1) is 26.2 Å². The zero-order chi connectivity index (χ0) is 27.2. The van der Waals surface area contributed by atoms with Crippen LogP contribution in [0.3, 0.4) is 0 Å². The molecule has 0 saturated carbocycles. The van der Waals surface area contributed by atoms with Gasteiger partial charge in [-0.2, -0.15) is 43.9 Å². The van der Waals surface area contributed by atoms with Gasteiger partial charge < -0.3 is 9.04 Å². The second kappa shape index (κ2) is 11.7. The van der Waals surface area contributed by atoms with Gasteiger partial charge in [0.2, 0.25) is 0 Å². The summed E-state index contributed by atoms with van der Waals surface area (Å²) in [5.74, 6) is -28.0. The molecule has 0 aromatic rings. The maximum atomic E-state index is 13.2. The van der Waals surface area contributed by atoms with E-state index in [0.29, 0.717) is 0 Å². The third kappa shape index (κ3) is 6.86. The van der Waals surface area contributed by atoms with E-state index in [1.807, 2.05) is 0 Å². The van der Waals surface area contributed by atoms with Crippen LogP contribution in [0.2, 0.25) is 0 Å². The fourth-order valence-corrected chi connectivity index (χ4v) is 3.30. The minimum atomic E-state index is -7.59. The lowest BCUT2D eigenvalue weighted by Gasteiger charge is -2.39. The molecule has 0 amide bonds. The van der Waals surface area contributed by atoms with E-state index in [2.05, 4.69) is 27.7 Å². The molecular weight excluding hydrogens is 500 g/mol. The standard InChI is InChI=1S/C10H12F10O3S.C8H20N/c1-2-3-4-5-6(11,12)7(13,14)8(15,16)9(17,18)10(19,20)24(21,22)23;1-5-9(6-2,7-3)8-4/h2-5H2,1H3,(H,21,22,23);5-8H2,1-4H3/q;+1/p-1. The Morgan fingerprint density at radius 3 is 1.24 bits per heavy atom. The summed E-state index contributed by atoms with van der Waals surface area (Å²) in [7, 11) is -7.56. The Bertz CT molecular complexity index is 678. The van der Waals surface area contributed by atoms with Gasteiger partial charge in [0.15, 0.2) is 10.1 Å². The second-order valence-electron chi connectivity index (χ2n) is 7.46. The third-order valence-electron chi connectivity index (χ3n) is 5.71. The van der Waals surface area contributed by atoms with Crippen LogP contribution in [0.4, 0.5) is 43.9 Å². The molecule has 0 heterocycles. The predicted molar refractivity (Wildman–Crippen MR) is 101 cm³/mol. The zero-order valence-electron chi connectivity index (χ0n) is 19.0. The number of nitrogens with zero attached hydrogens (tertiary/aromatic N) is 1. The second-order valence-corrected chi connectivity index (χ2v) is 8.88. The molecule has 0 aliphatic carbocycles. The van der Waals surface area contributed by atoms with E-state index < -0.39 is 51.9 Å². The normalized spacial score (nSPS) is 14.7. The first-order chi connectivity index (χ1) is 14.6. The Hall–Kier alpha value is -0.830. The molecule has 0 rings (SSSR count). The summed E-state index contributed by atoms with van der Waals surface area (Å²) in [6.45, 7) is 15.6. The summed E-state index contributed by atoms with van der Waals surface area (Å²) in [4.78, 5) is 0. The molecule has 0 aliphatic heterocycles. The first kappa shape index (κ1) is 34.3. The lowest BCUT2D eigenvalue weighted by atomic mass is 9.95. The van der Waals surface area contributed by atoms with Crippen LogP contribution in [0.25, 0.3) is 0 Å². The molecule has 202 valence electrons. The van der Waals surface area contributed by atoms with Crippen LogP contribution < -0.4 is 0 Å². The van der Waals surface area contributed by atoms with E-state index in [0.717, 1.165) is 0 Å². The average molecular weight is 531 g/mol. The summed E-state index contributed by atoms with van der Waals surface area (Å²) in [5, 5.41) is -7.24. The summed E-state index contributed by atoms with van der Waals surface area (Å²) in [5.41, 5.74) is 0. The van der Waals surface area contributed by atoms with Crippen LogP contribution in [0.1, 0.15) is 60.3 Å². The van der Waals surface area contributed by atoms with E-state index in [-0.39, 0.29) is 12.8 Å². The van der Waals surface area contributed by atoms with Gasteiger partial charge in [0.25, 0.3) is 0 Å². The van der Waals surface area contributed by atoms with Crippen molar-refractivity contribution in [2.45, 2.75) is 89.2 Å². The topological polar surface area (TPSA) is 57.2 Å². The minimum absolute atomic E-state index is 0.153. The van der Waals surface area contributed by atoms with Crippen molar-refractivity contribution < 1.29 is 61.4 Å². The Labute approximate surface area is 187 Å². The Kier molecular flexibility index (Phi) is 12.2. The summed E-state index contributed by atoms with van der Waals surface area (Å²) >= 11 is 0. The largest absolute Gasteiger partial charge is 0.743 e. The number of unbranched alkanes of at least 4 members (excludes halogenated alkanes) is 2. The number of quaternary nitrogens is 1. The minimum Gasteiger partial charge on any atom is -0.743 e. The molecule has 0 N–H and O–H groups in total. The molecule has 0 aromatic heterocycles. The maximum absolute atomic E-state index is 13.2. The maximum Gasteiger partial charge on any atom is 0.402 e. The summed E-state index contributed by atoms with van der Waals surface area (Å²) in [6, 6.07) is 0. The van der Waals surface area contributed by atoms with E-state index in [9.17, 15) is 56.9 Å². The third-order valence-corrected chi connectivity index (χ3v) is 6.59. The number of rotatable bonds is 13. The van der Waals surface area contributed by atoms with Crippen LogP contribution in [-0.4, -0.2) is 72.6 Å². The van der Waals surface area contributed by atoms with E-state index >= 15 is 0 Å². The number of halogens is 10. The van der Waals surface area contributed by atoms with Crippen molar-refractivity contribution >= 4 is 10.1 Å². The van der Waals surface area contributed by atoms with E-state index in [1.54, 1.807) is 0 Å². The highest BCUT2D eigenvalue weighted by atomic mass is 32.2. The van der Waals surface area contributed by atoms with Gasteiger partial charge in [-0.25, -0.2) is 8.42 Å². The van der Waals surface area contributed by atoms with Gasteiger partial charge in [0.1, 0.15) is 0 Å². The molecule has 0 spiro atoms. The number of alkyl halides is 10. The van der Waals surface area contributed by atoms with Crippen LogP contribution in [-0.2, 0) is 10.1 Å². The van der Waals surface area contributed by atoms with Crippen molar-refractivity contribution in [3.8, 4) is 0 Å². The molecule has 15 heteroatoms. The smallest absolute Gasteiger partial charge is 0.402 e. The van der Waals surface area contributed by atoms with Gasteiger partial charge in [0, 0.05) is 6.42 Å². The summed E-state index contributed by atoms with van der Waals surface area (Å²) in [6.07, 6.45) is -2.90. The first-order valence-corrected chi connectivity index (χ1v) is 11.7. The average Bonchev–Trinajstić information content (AvgIpc) is 2.69. The molecule has 0 radical (unpaired) electrons. The molecule has 4 nitrogen and oxygen atoms in total. The van der Waals surface area contributed by atoms with Crippen LogP contribution in [0, 0.1) is 0 Å². The SMILES string of the molecule is CCCCCC(F)(F)C(F)(F)C(F)(F)C(F)(F)C(F)(F)S(=O)(=O)[O-].CC[N+](CC)(CC)CC. The van der Waals surface area contributed by atoms with Gasteiger partial charge in [-0.05, 0) is 34.1 Å². The van der Waals surface area contributed by atoms with Crippen molar-refractivity contribution in [2.75, 3.05) is 26.2 Å². The molecule has 33 heavy (non-hydrogen) atoms. The van der Waals surface area contributed by atoms with Gasteiger partial charge in [-0.1, -0.05) is 19.8 Å². The molecule has 0 aliphatic rings. The first-order valence-electron chi connectivity index (χ1n) is 10.2. The molecule has 0 atom stereocenters. The van der Waals surface area contributed by atoms with Crippen LogP contribution in [0.5, 0.6) is 0 Å². The van der Waals surface area contributed by atoms with Gasteiger partial charge >= 0.3 is 28.9 Å². The van der Waals surface area contributed by atoms with E-state index in [4.69, 9.17) is 0 Å². The number of hydrogen-bond acceptors (Lipinski definition) is 3. The molecule has 0 saturated heterocycles. The highest BCUT2D eigenvalue weighted by molar-refractivity contribution is 7.86. The fourth-order valence-electron chi connectivity index (χ4n) is 2.86. The quantitative estimate of drug-likeness (QED) is 0.124. The Morgan fingerprint density at radius 1 is 0.636 bits per heavy atom. The predicted octanol–water partition coefficient (Wildman–Crippen LogP) is 6.13. The molecule has 0 bridgehead atoms. The Balaban J connectivity index is 0. The zero-order valence-corrected chi connectivity index (χ0v) is 19.8. The van der Waals surface area contributed by atoms with Crippen LogP contribution >= 0.6 is 0 Å². The Morgan fingerprint density at radius 2 is 1.00 bits per heavy atom. The fraction of sp³-hybridized carbons (Fsp3) is 1.00. The lowest BCUT2D eigenvalue weighted by molar-refractivity contribution is -0.921. The lowest BCUT2D eigenvalue weighted by Crippen LogP contribution is -2.68. The molecule has 0 fully saturated rings. The number of hydrogen-bond donors (Lipinski definition) is 0. The van der Waals surface area contributed by atoms with Crippen molar-refractivity contribution in [3.05, 3.63) is 0 Å². The van der Waals surface area contributed by atoms with Gasteiger partial charge in [-0.3, -0.25) is 0 Å². The van der Waals surface area contributed by atoms with Crippen molar-refractivity contribution in [1.82, 2.24) is 0 Å². The molecule has 0 aromatic carbocycles. The van der Waals surface area contributed by atoms with Crippen molar-refractivity contribution in [3.63, 3.8) is 0 Å². The molecular formula is C18H31F10NO3S. The molecule has 0 unspecified atom stereocenters.